The largest absolute Gasteiger partial charge is 0.378 e. The minimum atomic E-state index is -1.19. The number of amides is 1. The molecule has 1 aromatic carbocycles. The summed E-state index contributed by atoms with van der Waals surface area (Å²) in [6.07, 6.45) is -1.19. The summed E-state index contributed by atoms with van der Waals surface area (Å²) in [5, 5.41) is 9.30. The number of carbonyl (C=O) groups excluding carboxylic acids is 1. The Bertz CT molecular complexity index is 296. The summed E-state index contributed by atoms with van der Waals surface area (Å²) in [5.41, 5.74) is 6.39. The lowest BCUT2D eigenvalue weighted by Gasteiger charge is -2.08. The van der Waals surface area contributed by atoms with Gasteiger partial charge in [-0.05, 0) is 18.1 Å². The fourth-order valence-corrected chi connectivity index (χ4v) is 1.05. The summed E-state index contributed by atoms with van der Waals surface area (Å²) in [7, 11) is 0. The zero-order chi connectivity index (χ0) is 9.14. The molecule has 0 aliphatic carbocycles. The molecule has 12 heavy (non-hydrogen) atoms. The number of aryl methyl sites for hydroxylation is 1. The van der Waals surface area contributed by atoms with Crippen LogP contribution in [-0.2, 0) is 4.79 Å². The Balaban J connectivity index is 3.02. The van der Waals surface area contributed by atoms with Gasteiger partial charge < -0.3 is 10.8 Å². The van der Waals surface area contributed by atoms with Gasteiger partial charge in [-0.1, -0.05) is 24.3 Å². The molecule has 0 spiro atoms. The Morgan fingerprint density at radius 3 is 2.58 bits per heavy atom. The average molecular weight is 165 g/mol. The third kappa shape index (κ3) is 1.62. The van der Waals surface area contributed by atoms with E-state index in [9.17, 15) is 9.90 Å². The first kappa shape index (κ1) is 8.74. The van der Waals surface area contributed by atoms with Crippen LogP contribution in [-0.4, -0.2) is 11.0 Å². The van der Waals surface area contributed by atoms with Gasteiger partial charge in [0, 0.05) is 0 Å². The van der Waals surface area contributed by atoms with E-state index in [2.05, 4.69) is 0 Å². The molecule has 0 heterocycles. The van der Waals surface area contributed by atoms with Gasteiger partial charge in [0.1, 0.15) is 0 Å². The van der Waals surface area contributed by atoms with Gasteiger partial charge in [-0.25, -0.2) is 0 Å². The molecular formula is C9H11NO2. The van der Waals surface area contributed by atoms with Crippen LogP contribution in [0.3, 0.4) is 0 Å². The molecular weight excluding hydrogens is 154 g/mol. The van der Waals surface area contributed by atoms with Gasteiger partial charge in [0.25, 0.3) is 5.91 Å². The van der Waals surface area contributed by atoms with E-state index < -0.39 is 12.0 Å². The highest BCUT2D eigenvalue weighted by molar-refractivity contribution is 5.80. The molecule has 0 aliphatic heterocycles. The van der Waals surface area contributed by atoms with Crippen LogP contribution in [0.2, 0.25) is 0 Å². The number of primary amides is 1. The summed E-state index contributed by atoms with van der Waals surface area (Å²) in [4.78, 5) is 10.6. The first-order valence-electron chi connectivity index (χ1n) is 3.66. The lowest BCUT2D eigenvalue weighted by atomic mass is 10.0. The molecule has 0 aliphatic rings. The highest BCUT2D eigenvalue weighted by atomic mass is 16.3. The number of rotatable bonds is 2. The third-order valence-corrected chi connectivity index (χ3v) is 1.75. The topological polar surface area (TPSA) is 63.3 Å². The summed E-state index contributed by atoms with van der Waals surface area (Å²) < 4.78 is 0. The minimum Gasteiger partial charge on any atom is -0.378 e. The fraction of sp³-hybridized carbons (Fsp3) is 0.222. The van der Waals surface area contributed by atoms with Crippen molar-refractivity contribution in [1.29, 1.82) is 0 Å². The second-order valence-electron chi connectivity index (χ2n) is 2.66. The molecule has 1 amide bonds. The van der Waals surface area contributed by atoms with Gasteiger partial charge in [0.05, 0.1) is 0 Å². The Hall–Kier alpha value is -1.35. The van der Waals surface area contributed by atoms with E-state index in [0.29, 0.717) is 5.56 Å². The molecule has 0 radical (unpaired) electrons. The summed E-state index contributed by atoms with van der Waals surface area (Å²) in [6, 6.07) is 7.10. The van der Waals surface area contributed by atoms with Gasteiger partial charge >= 0.3 is 0 Å². The van der Waals surface area contributed by atoms with Gasteiger partial charge in [0.2, 0.25) is 0 Å². The SMILES string of the molecule is Cc1ccccc1[C@@H](O)C(N)=O. The van der Waals surface area contributed by atoms with Crippen LogP contribution in [0.15, 0.2) is 24.3 Å². The Morgan fingerprint density at radius 1 is 1.50 bits per heavy atom. The van der Waals surface area contributed by atoms with E-state index >= 15 is 0 Å². The predicted octanol–water partition coefficient (Wildman–Crippen LogP) is 0.514. The normalized spacial score (nSPS) is 12.5. The molecule has 0 aromatic heterocycles. The number of hydrogen-bond acceptors (Lipinski definition) is 2. The van der Waals surface area contributed by atoms with Crippen LogP contribution in [0.5, 0.6) is 0 Å². The van der Waals surface area contributed by atoms with Gasteiger partial charge in [-0.15, -0.1) is 0 Å². The van der Waals surface area contributed by atoms with E-state index in [1.54, 1.807) is 12.1 Å². The van der Waals surface area contributed by atoms with Crippen molar-refractivity contribution in [3.63, 3.8) is 0 Å². The number of aliphatic hydroxyl groups excluding tert-OH is 1. The average Bonchev–Trinajstić information content (AvgIpc) is 2.04. The summed E-state index contributed by atoms with van der Waals surface area (Å²) >= 11 is 0. The Kier molecular flexibility index (Phi) is 2.45. The lowest BCUT2D eigenvalue weighted by molar-refractivity contribution is -0.126. The molecule has 0 bridgehead atoms. The standard InChI is InChI=1S/C9H11NO2/c1-6-4-2-3-5-7(6)8(11)9(10)12/h2-5,8,11H,1H3,(H2,10,12)/t8-/m1/s1. The molecule has 1 atom stereocenters. The molecule has 0 saturated heterocycles. The molecule has 0 unspecified atom stereocenters. The maximum atomic E-state index is 10.6. The van der Waals surface area contributed by atoms with Crippen molar-refractivity contribution in [2.24, 2.45) is 5.73 Å². The van der Waals surface area contributed by atoms with Crippen molar-refractivity contribution in [1.82, 2.24) is 0 Å². The van der Waals surface area contributed by atoms with Crippen molar-refractivity contribution in [3.05, 3.63) is 35.4 Å². The zero-order valence-corrected chi connectivity index (χ0v) is 6.82. The first-order chi connectivity index (χ1) is 5.63. The van der Waals surface area contributed by atoms with Crippen LogP contribution >= 0.6 is 0 Å². The molecule has 64 valence electrons. The maximum absolute atomic E-state index is 10.6. The monoisotopic (exact) mass is 165 g/mol. The molecule has 1 aromatic rings. The number of benzene rings is 1. The smallest absolute Gasteiger partial charge is 0.250 e. The number of hydrogen-bond donors (Lipinski definition) is 2. The molecule has 3 heteroatoms. The van der Waals surface area contributed by atoms with Crippen molar-refractivity contribution in [2.75, 3.05) is 0 Å². The van der Waals surface area contributed by atoms with Gasteiger partial charge in [-0.3, -0.25) is 4.79 Å². The molecule has 0 saturated carbocycles. The van der Waals surface area contributed by atoms with E-state index in [0.717, 1.165) is 5.56 Å². The predicted molar refractivity (Wildman–Crippen MR) is 45.3 cm³/mol. The third-order valence-electron chi connectivity index (χ3n) is 1.75. The van der Waals surface area contributed by atoms with Gasteiger partial charge in [-0.2, -0.15) is 0 Å². The molecule has 1 rings (SSSR count). The molecule has 3 nitrogen and oxygen atoms in total. The van der Waals surface area contributed by atoms with Crippen molar-refractivity contribution >= 4 is 5.91 Å². The fourth-order valence-electron chi connectivity index (χ4n) is 1.05. The van der Waals surface area contributed by atoms with Crippen LogP contribution in [0.25, 0.3) is 0 Å². The van der Waals surface area contributed by atoms with Crippen LogP contribution < -0.4 is 5.73 Å². The Morgan fingerprint density at radius 2 is 2.08 bits per heavy atom. The van der Waals surface area contributed by atoms with E-state index in [4.69, 9.17) is 5.73 Å². The van der Waals surface area contributed by atoms with Crippen LogP contribution in [0.4, 0.5) is 0 Å². The highest BCUT2D eigenvalue weighted by Crippen LogP contribution is 2.15. The highest BCUT2D eigenvalue weighted by Gasteiger charge is 2.14. The number of aliphatic hydroxyl groups is 1. The van der Waals surface area contributed by atoms with E-state index in [-0.39, 0.29) is 0 Å². The Labute approximate surface area is 70.8 Å². The van der Waals surface area contributed by atoms with Crippen LogP contribution in [0, 0.1) is 6.92 Å². The van der Waals surface area contributed by atoms with Crippen molar-refractivity contribution in [2.45, 2.75) is 13.0 Å². The van der Waals surface area contributed by atoms with Gasteiger partial charge in [0.15, 0.2) is 6.10 Å². The number of nitrogens with two attached hydrogens (primary N) is 1. The second-order valence-corrected chi connectivity index (χ2v) is 2.66. The molecule has 0 fully saturated rings. The second kappa shape index (κ2) is 3.36. The molecule has 3 N–H and O–H groups in total. The van der Waals surface area contributed by atoms with Crippen molar-refractivity contribution < 1.29 is 9.90 Å². The summed E-state index contributed by atoms with van der Waals surface area (Å²) in [5.74, 6) is -0.718. The van der Waals surface area contributed by atoms with Crippen molar-refractivity contribution in [3.8, 4) is 0 Å². The van der Waals surface area contributed by atoms with E-state index in [1.165, 1.54) is 0 Å². The first-order valence-corrected chi connectivity index (χ1v) is 3.66. The quantitative estimate of drug-likeness (QED) is 0.670. The lowest BCUT2D eigenvalue weighted by Crippen LogP contribution is -2.21. The van der Waals surface area contributed by atoms with E-state index in [1.807, 2.05) is 19.1 Å². The minimum absolute atomic E-state index is 0.574. The maximum Gasteiger partial charge on any atom is 0.250 e. The number of carbonyl (C=O) groups is 1. The zero-order valence-electron chi connectivity index (χ0n) is 6.82. The van der Waals surface area contributed by atoms with Crippen LogP contribution in [0.1, 0.15) is 17.2 Å². The summed E-state index contributed by atoms with van der Waals surface area (Å²) in [6.45, 7) is 1.82.